The summed E-state index contributed by atoms with van der Waals surface area (Å²) in [6, 6.07) is 66.4. The lowest BCUT2D eigenvalue weighted by molar-refractivity contribution is 0.434. The van der Waals surface area contributed by atoms with Gasteiger partial charge in [0.15, 0.2) is 0 Å². The van der Waals surface area contributed by atoms with Gasteiger partial charge in [-0.2, -0.15) is 0 Å². The van der Waals surface area contributed by atoms with Crippen LogP contribution in [0.5, 0.6) is 11.5 Å². The van der Waals surface area contributed by atoms with Gasteiger partial charge in [-0.25, -0.2) is 0 Å². The standard InChI is InChI=1S/C49H30N2O/c1-2-13-33(14-3-1)50-42-21-8-4-15-34(42)36-27-25-32(30-45(36)50)31-26-28-47-41(29-31)49(39-19-7-11-24-46(39)52-47)38-18-6-10-23-44(38)51-43-22-9-5-16-35(43)37-17-12-20-40(49)48(37)51/h1-30H. The SMILES string of the molecule is c1ccc(-n2c3ccccc3c3ccc(-c4ccc5c(c4)C4(c6ccccc6O5)c5ccccc5-n5c6ccccc6c6cccc4c65)cc32)cc1. The maximum atomic E-state index is 6.83. The summed E-state index contributed by atoms with van der Waals surface area (Å²) in [5.74, 6) is 1.78. The molecule has 10 aromatic rings. The Morgan fingerprint density at radius 1 is 0.365 bits per heavy atom. The van der Waals surface area contributed by atoms with Crippen molar-refractivity contribution < 1.29 is 4.74 Å². The van der Waals surface area contributed by atoms with Gasteiger partial charge in [-0.3, -0.25) is 0 Å². The zero-order valence-corrected chi connectivity index (χ0v) is 28.1. The Bertz CT molecular complexity index is 3110. The monoisotopic (exact) mass is 662 g/mol. The first kappa shape index (κ1) is 27.9. The molecular weight excluding hydrogens is 633 g/mol. The number of ether oxygens (including phenoxy) is 1. The molecule has 3 nitrogen and oxygen atoms in total. The molecule has 4 heterocycles. The fourth-order valence-electron chi connectivity index (χ4n) is 9.51. The third-order valence-corrected chi connectivity index (χ3v) is 11.6. The Morgan fingerprint density at radius 2 is 0.962 bits per heavy atom. The molecular formula is C49H30N2O. The second-order valence-corrected chi connectivity index (χ2v) is 14.1. The Labute approximate surface area is 300 Å². The molecule has 0 aliphatic carbocycles. The number of aromatic nitrogens is 2. The van der Waals surface area contributed by atoms with Crippen LogP contribution in [0.2, 0.25) is 0 Å². The van der Waals surface area contributed by atoms with Gasteiger partial charge in [0, 0.05) is 38.4 Å². The quantitative estimate of drug-likeness (QED) is 0.180. The molecule has 0 saturated carbocycles. The Hall–Kier alpha value is -6.84. The van der Waals surface area contributed by atoms with Crippen molar-refractivity contribution in [2.75, 3.05) is 0 Å². The van der Waals surface area contributed by atoms with E-state index in [1.807, 2.05) is 0 Å². The van der Waals surface area contributed by atoms with Gasteiger partial charge in [0.2, 0.25) is 0 Å². The molecule has 0 radical (unpaired) electrons. The van der Waals surface area contributed by atoms with Crippen molar-refractivity contribution in [2.45, 2.75) is 5.41 Å². The molecule has 2 aliphatic rings. The number of rotatable bonds is 2. The number of hydrogen-bond acceptors (Lipinski definition) is 1. The first-order valence-corrected chi connectivity index (χ1v) is 17.9. The van der Waals surface area contributed by atoms with Crippen molar-refractivity contribution in [1.29, 1.82) is 0 Å². The summed E-state index contributed by atoms with van der Waals surface area (Å²) >= 11 is 0. The molecule has 2 aromatic heterocycles. The molecule has 0 saturated heterocycles. The first-order valence-electron chi connectivity index (χ1n) is 17.9. The highest BCUT2D eigenvalue weighted by Gasteiger charge is 2.50. The minimum absolute atomic E-state index is 0.607. The van der Waals surface area contributed by atoms with Gasteiger partial charge < -0.3 is 13.9 Å². The molecule has 2 aliphatic heterocycles. The summed E-state index contributed by atoms with van der Waals surface area (Å²) in [4.78, 5) is 0. The van der Waals surface area contributed by atoms with Crippen molar-refractivity contribution in [3.63, 3.8) is 0 Å². The molecule has 0 N–H and O–H groups in total. The lowest BCUT2D eigenvalue weighted by Gasteiger charge is -2.45. The van der Waals surface area contributed by atoms with E-state index in [1.165, 1.54) is 66.0 Å². The van der Waals surface area contributed by atoms with Crippen LogP contribution in [0.3, 0.4) is 0 Å². The summed E-state index contributed by atoms with van der Waals surface area (Å²) < 4.78 is 11.7. The van der Waals surface area contributed by atoms with Crippen molar-refractivity contribution in [2.24, 2.45) is 0 Å². The maximum absolute atomic E-state index is 6.83. The molecule has 1 atom stereocenters. The Morgan fingerprint density at radius 3 is 1.83 bits per heavy atom. The van der Waals surface area contributed by atoms with Crippen LogP contribution in [-0.4, -0.2) is 9.13 Å². The van der Waals surface area contributed by atoms with Crippen molar-refractivity contribution >= 4 is 43.6 Å². The van der Waals surface area contributed by atoms with Gasteiger partial charge in [-0.1, -0.05) is 127 Å². The predicted octanol–water partition coefficient (Wildman–Crippen LogP) is 12.3. The molecule has 0 amide bonds. The minimum Gasteiger partial charge on any atom is -0.457 e. The minimum atomic E-state index is -0.607. The van der Waals surface area contributed by atoms with Gasteiger partial charge in [0.25, 0.3) is 0 Å². The zero-order chi connectivity index (χ0) is 34.0. The normalized spacial score (nSPS) is 15.5. The van der Waals surface area contributed by atoms with Gasteiger partial charge in [0.1, 0.15) is 11.5 Å². The number of para-hydroxylation sites is 6. The number of nitrogens with zero attached hydrogens (tertiary/aromatic N) is 2. The molecule has 0 fully saturated rings. The molecule has 1 unspecified atom stereocenters. The van der Waals surface area contributed by atoms with E-state index in [0.29, 0.717) is 0 Å². The predicted molar refractivity (Wildman–Crippen MR) is 212 cm³/mol. The van der Waals surface area contributed by atoms with Crippen LogP contribution in [0, 0.1) is 0 Å². The van der Waals surface area contributed by atoms with Gasteiger partial charge in [-0.15, -0.1) is 0 Å². The van der Waals surface area contributed by atoms with E-state index in [2.05, 4.69) is 191 Å². The van der Waals surface area contributed by atoms with E-state index in [-0.39, 0.29) is 0 Å². The molecule has 8 aromatic carbocycles. The molecule has 242 valence electrons. The van der Waals surface area contributed by atoms with Crippen molar-refractivity contribution in [3.05, 3.63) is 204 Å². The second kappa shape index (κ2) is 10.1. The topological polar surface area (TPSA) is 19.1 Å². The first-order chi connectivity index (χ1) is 25.8. The van der Waals surface area contributed by atoms with Crippen molar-refractivity contribution in [1.82, 2.24) is 9.13 Å². The number of hydrogen-bond donors (Lipinski definition) is 0. The van der Waals surface area contributed by atoms with Crippen LogP contribution in [0.4, 0.5) is 0 Å². The van der Waals surface area contributed by atoms with Crippen LogP contribution in [0.25, 0.3) is 66.1 Å². The van der Waals surface area contributed by atoms with E-state index in [9.17, 15) is 0 Å². The van der Waals surface area contributed by atoms with E-state index in [4.69, 9.17) is 4.74 Å². The smallest absolute Gasteiger partial charge is 0.132 e. The number of fused-ring (bicyclic) bond motifs is 14. The Balaban J connectivity index is 1.18. The summed E-state index contributed by atoms with van der Waals surface area (Å²) in [5, 5.41) is 5.03. The largest absolute Gasteiger partial charge is 0.457 e. The molecule has 1 spiro atoms. The van der Waals surface area contributed by atoms with E-state index in [1.54, 1.807) is 0 Å². The summed E-state index contributed by atoms with van der Waals surface area (Å²) in [7, 11) is 0. The molecule has 0 bridgehead atoms. The lowest BCUT2D eigenvalue weighted by Crippen LogP contribution is -2.37. The maximum Gasteiger partial charge on any atom is 0.132 e. The van der Waals surface area contributed by atoms with Gasteiger partial charge >= 0.3 is 0 Å². The van der Waals surface area contributed by atoms with Crippen LogP contribution >= 0.6 is 0 Å². The summed E-state index contributed by atoms with van der Waals surface area (Å²) in [6.45, 7) is 0. The number of benzene rings is 8. The van der Waals surface area contributed by atoms with Gasteiger partial charge in [0.05, 0.1) is 33.2 Å². The van der Waals surface area contributed by atoms with Crippen LogP contribution in [0.15, 0.2) is 182 Å². The molecule has 12 rings (SSSR count). The van der Waals surface area contributed by atoms with Crippen LogP contribution in [-0.2, 0) is 5.41 Å². The Kier molecular flexibility index (Phi) is 5.43. The van der Waals surface area contributed by atoms with Crippen molar-refractivity contribution in [3.8, 4) is 34.0 Å². The van der Waals surface area contributed by atoms with Crippen LogP contribution < -0.4 is 4.74 Å². The third-order valence-electron chi connectivity index (χ3n) is 11.6. The summed E-state index contributed by atoms with van der Waals surface area (Å²) in [5.41, 5.74) is 13.8. The highest BCUT2D eigenvalue weighted by molar-refractivity contribution is 6.13. The van der Waals surface area contributed by atoms with Crippen LogP contribution in [0.1, 0.15) is 22.3 Å². The zero-order valence-electron chi connectivity index (χ0n) is 28.1. The fourth-order valence-corrected chi connectivity index (χ4v) is 9.51. The molecule has 3 heteroatoms. The fraction of sp³-hybridized carbons (Fsp3) is 0.0204. The van der Waals surface area contributed by atoms with E-state index >= 15 is 0 Å². The lowest BCUT2D eigenvalue weighted by atomic mass is 9.61. The van der Waals surface area contributed by atoms with E-state index < -0.39 is 5.41 Å². The van der Waals surface area contributed by atoms with E-state index in [0.717, 1.165) is 33.9 Å². The average Bonchev–Trinajstić information content (AvgIpc) is 3.73. The second-order valence-electron chi connectivity index (χ2n) is 14.1. The third kappa shape index (κ3) is 3.45. The van der Waals surface area contributed by atoms with Gasteiger partial charge in [-0.05, 0) is 76.9 Å². The average molecular weight is 663 g/mol. The molecule has 52 heavy (non-hydrogen) atoms. The summed E-state index contributed by atoms with van der Waals surface area (Å²) in [6.07, 6.45) is 0. The highest BCUT2D eigenvalue weighted by Crippen LogP contribution is 2.60. The highest BCUT2D eigenvalue weighted by atomic mass is 16.5.